The standard InChI is InChI=1S/C55H38N2S/c1-37-10-9-13-42(34-37)40-20-27-45(28-21-40)56(44-25-18-39(19-26-44)38-11-3-2-4-12-38)46-29-22-41(23-30-46)43-24-32-53-50(35-43)48-14-5-7-16-52(48)57(53)47-31-33-55-51(36-47)49-15-6-8-17-54(49)58-55/h2-36H,1H3. The summed E-state index contributed by atoms with van der Waals surface area (Å²) in [4.78, 5) is 2.35. The van der Waals surface area contributed by atoms with Gasteiger partial charge in [-0.3, -0.25) is 0 Å². The van der Waals surface area contributed by atoms with E-state index in [-0.39, 0.29) is 0 Å². The van der Waals surface area contributed by atoms with Crippen LogP contribution in [-0.4, -0.2) is 4.57 Å². The van der Waals surface area contributed by atoms with Crippen LogP contribution in [0.2, 0.25) is 0 Å². The van der Waals surface area contributed by atoms with E-state index in [9.17, 15) is 0 Å². The van der Waals surface area contributed by atoms with Gasteiger partial charge < -0.3 is 9.47 Å². The largest absolute Gasteiger partial charge is 0.311 e. The minimum atomic E-state index is 1.11. The second-order valence-electron chi connectivity index (χ2n) is 15.1. The minimum Gasteiger partial charge on any atom is -0.311 e. The molecule has 0 unspecified atom stereocenters. The van der Waals surface area contributed by atoms with Crippen LogP contribution in [-0.2, 0) is 0 Å². The zero-order valence-electron chi connectivity index (χ0n) is 32.0. The van der Waals surface area contributed by atoms with Crippen molar-refractivity contribution >= 4 is 70.4 Å². The molecule has 0 amide bonds. The lowest BCUT2D eigenvalue weighted by Crippen LogP contribution is -2.09. The quantitative estimate of drug-likeness (QED) is 0.157. The van der Waals surface area contributed by atoms with Crippen LogP contribution in [0, 0.1) is 6.92 Å². The fourth-order valence-electron chi connectivity index (χ4n) is 8.60. The Labute approximate surface area is 342 Å². The van der Waals surface area contributed by atoms with Crippen LogP contribution in [0.15, 0.2) is 212 Å². The number of para-hydroxylation sites is 1. The zero-order chi connectivity index (χ0) is 38.6. The third kappa shape index (κ3) is 5.96. The van der Waals surface area contributed by atoms with Crippen molar-refractivity contribution in [3.63, 3.8) is 0 Å². The van der Waals surface area contributed by atoms with E-state index in [4.69, 9.17) is 0 Å². The number of hydrogen-bond donors (Lipinski definition) is 0. The van der Waals surface area contributed by atoms with E-state index in [0.717, 1.165) is 17.1 Å². The second-order valence-corrected chi connectivity index (χ2v) is 16.2. The lowest BCUT2D eigenvalue weighted by atomic mass is 10.0. The van der Waals surface area contributed by atoms with Crippen molar-refractivity contribution in [2.45, 2.75) is 6.92 Å². The van der Waals surface area contributed by atoms with Gasteiger partial charge in [0.05, 0.1) is 11.0 Å². The van der Waals surface area contributed by atoms with E-state index in [2.05, 4.69) is 229 Å². The summed E-state index contributed by atoms with van der Waals surface area (Å²) in [6.07, 6.45) is 0. The number of hydrogen-bond acceptors (Lipinski definition) is 2. The Morgan fingerprint density at radius 1 is 0.345 bits per heavy atom. The van der Waals surface area contributed by atoms with Gasteiger partial charge in [-0.2, -0.15) is 0 Å². The molecule has 58 heavy (non-hydrogen) atoms. The molecule has 0 aliphatic carbocycles. The van der Waals surface area contributed by atoms with Gasteiger partial charge in [-0.15, -0.1) is 11.3 Å². The van der Waals surface area contributed by atoms with Crippen LogP contribution < -0.4 is 4.90 Å². The highest BCUT2D eigenvalue weighted by molar-refractivity contribution is 7.25. The normalized spacial score (nSPS) is 11.5. The van der Waals surface area contributed by atoms with Gasteiger partial charge in [-0.05, 0) is 119 Å². The summed E-state index contributed by atoms with van der Waals surface area (Å²) in [5, 5.41) is 5.13. The molecule has 0 saturated heterocycles. The molecule has 11 rings (SSSR count). The molecule has 0 fully saturated rings. The zero-order valence-corrected chi connectivity index (χ0v) is 32.8. The Balaban J connectivity index is 0.975. The molecule has 2 heterocycles. The molecule has 0 spiro atoms. The molecular formula is C55H38N2S. The summed E-state index contributed by atoms with van der Waals surface area (Å²) >= 11 is 1.86. The molecular weight excluding hydrogens is 721 g/mol. The van der Waals surface area contributed by atoms with Gasteiger partial charge in [0, 0.05) is 53.7 Å². The third-order valence-corrected chi connectivity index (χ3v) is 12.6. The molecule has 0 N–H and O–H groups in total. The van der Waals surface area contributed by atoms with E-state index >= 15 is 0 Å². The first-order valence-corrected chi connectivity index (χ1v) is 20.6. The van der Waals surface area contributed by atoms with Crippen LogP contribution in [0.5, 0.6) is 0 Å². The molecule has 0 radical (unpaired) electrons. The van der Waals surface area contributed by atoms with Crippen LogP contribution in [0.1, 0.15) is 5.56 Å². The van der Waals surface area contributed by atoms with Gasteiger partial charge >= 0.3 is 0 Å². The maximum absolute atomic E-state index is 2.43. The second kappa shape index (κ2) is 14.1. The molecule has 11 aromatic rings. The maximum atomic E-state index is 2.43. The van der Waals surface area contributed by atoms with Crippen LogP contribution in [0.25, 0.3) is 81.0 Å². The summed E-state index contributed by atoms with van der Waals surface area (Å²) in [6.45, 7) is 2.15. The van der Waals surface area contributed by atoms with Crippen molar-refractivity contribution in [3.05, 3.63) is 218 Å². The van der Waals surface area contributed by atoms with E-state index in [1.54, 1.807) is 0 Å². The summed E-state index contributed by atoms with van der Waals surface area (Å²) < 4.78 is 5.07. The third-order valence-electron chi connectivity index (χ3n) is 11.5. The van der Waals surface area contributed by atoms with Gasteiger partial charge in [-0.25, -0.2) is 0 Å². The minimum absolute atomic E-state index is 1.11. The summed E-state index contributed by atoms with van der Waals surface area (Å²) in [5.74, 6) is 0. The number of aromatic nitrogens is 1. The molecule has 0 aliphatic heterocycles. The first-order valence-electron chi connectivity index (χ1n) is 19.8. The molecule has 2 aromatic heterocycles. The van der Waals surface area contributed by atoms with Crippen molar-refractivity contribution in [2.24, 2.45) is 0 Å². The molecule has 0 atom stereocenters. The molecule has 3 heteroatoms. The van der Waals surface area contributed by atoms with Crippen molar-refractivity contribution in [3.8, 4) is 39.1 Å². The molecule has 274 valence electrons. The summed E-state index contributed by atoms with van der Waals surface area (Å²) in [7, 11) is 0. The highest BCUT2D eigenvalue weighted by atomic mass is 32.1. The molecule has 0 saturated carbocycles. The van der Waals surface area contributed by atoms with Gasteiger partial charge in [0.25, 0.3) is 0 Å². The van der Waals surface area contributed by atoms with E-state index in [1.807, 2.05) is 11.3 Å². The Hall–Kier alpha value is -7.20. The first-order chi connectivity index (χ1) is 28.6. The predicted molar refractivity (Wildman–Crippen MR) is 249 cm³/mol. The van der Waals surface area contributed by atoms with E-state index < -0.39 is 0 Å². The van der Waals surface area contributed by atoms with Crippen molar-refractivity contribution in [1.29, 1.82) is 0 Å². The number of aryl methyl sites for hydroxylation is 1. The number of benzene rings is 9. The summed E-state index contributed by atoms with van der Waals surface area (Å²) in [5.41, 5.74) is 15.4. The van der Waals surface area contributed by atoms with Gasteiger partial charge in [0.1, 0.15) is 0 Å². The van der Waals surface area contributed by atoms with E-state index in [1.165, 1.54) is 86.6 Å². The predicted octanol–water partition coefficient (Wildman–Crippen LogP) is 15.9. The van der Waals surface area contributed by atoms with Gasteiger partial charge in [0.2, 0.25) is 0 Å². The first kappa shape index (κ1) is 34.1. The van der Waals surface area contributed by atoms with Crippen molar-refractivity contribution in [2.75, 3.05) is 4.90 Å². The average molecular weight is 759 g/mol. The maximum Gasteiger partial charge on any atom is 0.0541 e. The molecule has 9 aromatic carbocycles. The highest BCUT2D eigenvalue weighted by Crippen LogP contribution is 2.41. The lowest BCUT2D eigenvalue weighted by molar-refractivity contribution is 1.19. The lowest BCUT2D eigenvalue weighted by Gasteiger charge is -2.26. The number of thiophene rings is 1. The SMILES string of the molecule is Cc1cccc(-c2ccc(N(c3ccc(-c4ccccc4)cc3)c3ccc(-c4ccc5c(c4)c4ccccc4n5-c4ccc5sc6ccccc6c5c4)cc3)cc2)c1. The monoisotopic (exact) mass is 758 g/mol. The fraction of sp³-hybridized carbons (Fsp3) is 0.0182. The number of fused-ring (bicyclic) bond motifs is 6. The average Bonchev–Trinajstić information content (AvgIpc) is 3.82. The van der Waals surface area contributed by atoms with Crippen molar-refractivity contribution < 1.29 is 0 Å². The van der Waals surface area contributed by atoms with Crippen LogP contribution >= 0.6 is 11.3 Å². The van der Waals surface area contributed by atoms with Crippen LogP contribution in [0.3, 0.4) is 0 Å². The Morgan fingerprint density at radius 2 is 0.862 bits per heavy atom. The van der Waals surface area contributed by atoms with Crippen LogP contribution in [0.4, 0.5) is 17.1 Å². The molecule has 0 aliphatic rings. The number of nitrogens with zero attached hydrogens (tertiary/aromatic N) is 2. The van der Waals surface area contributed by atoms with Gasteiger partial charge in [0.15, 0.2) is 0 Å². The number of rotatable bonds is 7. The molecule has 0 bridgehead atoms. The molecule has 2 nitrogen and oxygen atoms in total. The fourth-order valence-corrected chi connectivity index (χ4v) is 9.68. The Kier molecular flexibility index (Phi) is 8.27. The van der Waals surface area contributed by atoms with E-state index in [0.29, 0.717) is 0 Å². The smallest absolute Gasteiger partial charge is 0.0541 e. The van der Waals surface area contributed by atoms with Gasteiger partial charge in [-0.1, -0.05) is 139 Å². The topological polar surface area (TPSA) is 8.17 Å². The van der Waals surface area contributed by atoms with Crippen molar-refractivity contribution in [1.82, 2.24) is 4.57 Å². The summed E-state index contributed by atoms with van der Waals surface area (Å²) in [6, 6.07) is 77.5. The Bertz CT molecular complexity index is 3260. The highest BCUT2D eigenvalue weighted by Gasteiger charge is 2.17. The Morgan fingerprint density at radius 3 is 1.55 bits per heavy atom. The number of anilines is 3.